The van der Waals surface area contributed by atoms with E-state index >= 15 is 0 Å². The molecule has 24 heavy (non-hydrogen) atoms. The highest BCUT2D eigenvalue weighted by Gasteiger charge is 2.40. The predicted molar refractivity (Wildman–Crippen MR) is 96.6 cm³/mol. The van der Waals surface area contributed by atoms with Crippen LogP contribution in [0, 0.1) is 5.92 Å². The predicted octanol–water partition coefficient (Wildman–Crippen LogP) is 5.59. The van der Waals surface area contributed by atoms with Crippen LogP contribution in [0.2, 0.25) is 0 Å². The van der Waals surface area contributed by atoms with Gasteiger partial charge in [0.15, 0.2) is 0 Å². The average Bonchev–Trinajstić information content (AvgIpc) is 2.60. The molecule has 0 fully saturated rings. The Morgan fingerprint density at radius 3 is 2.67 bits per heavy atom. The second kappa shape index (κ2) is 6.82. The lowest BCUT2D eigenvalue weighted by molar-refractivity contribution is -0.0711. The number of ether oxygens (including phenoxy) is 2. The Bertz CT molecular complexity index is 733. The molecule has 0 N–H and O–H groups in total. The molecule has 2 heteroatoms. The summed E-state index contributed by atoms with van der Waals surface area (Å²) in [6, 6.07) is 18.7. The van der Waals surface area contributed by atoms with Crippen molar-refractivity contribution in [3.05, 3.63) is 71.3 Å². The molecule has 124 valence electrons. The summed E-state index contributed by atoms with van der Waals surface area (Å²) in [4.78, 5) is 0. The molecular weight excluding hydrogens is 296 g/mol. The highest BCUT2D eigenvalue weighted by Crippen LogP contribution is 2.52. The zero-order valence-corrected chi connectivity index (χ0v) is 14.2. The normalized spacial score (nSPS) is 21.5. The van der Waals surface area contributed by atoms with E-state index in [2.05, 4.69) is 37.3 Å². The lowest BCUT2D eigenvalue weighted by atomic mass is 9.70. The van der Waals surface area contributed by atoms with Gasteiger partial charge in [-0.2, -0.15) is 0 Å². The number of hydrogen-bond donors (Lipinski definition) is 0. The zero-order valence-electron chi connectivity index (χ0n) is 14.2. The van der Waals surface area contributed by atoms with Crippen molar-refractivity contribution in [3.8, 4) is 5.75 Å². The van der Waals surface area contributed by atoms with Gasteiger partial charge in [-0.1, -0.05) is 68.3 Å². The van der Waals surface area contributed by atoms with Crippen molar-refractivity contribution in [2.24, 2.45) is 5.92 Å². The first-order chi connectivity index (χ1) is 11.9. The summed E-state index contributed by atoms with van der Waals surface area (Å²) in [5.41, 5.74) is 5.30. The van der Waals surface area contributed by atoms with Gasteiger partial charge < -0.3 is 9.47 Å². The summed E-state index contributed by atoms with van der Waals surface area (Å²) in [6.07, 6.45) is 4.71. The highest BCUT2D eigenvalue weighted by atomic mass is 16.7. The highest BCUT2D eigenvalue weighted by molar-refractivity contribution is 5.81. The quantitative estimate of drug-likeness (QED) is 0.691. The van der Waals surface area contributed by atoms with E-state index in [1.807, 2.05) is 24.3 Å². The van der Waals surface area contributed by atoms with Gasteiger partial charge in [0.05, 0.1) is 6.61 Å². The summed E-state index contributed by atoms with van der Waals surface area (Å²) >= 11 is 0. The van der Waals surface area contributed by atoms with E-state index in [9.17, 15) is 0 Å². The van der Waals surface area contributed by atoms with Crippen LogP contribution >= 0.6 is 0 Å². The van der Waals surface area contributed by atoms with Crippen LogP contribution in [0.5, 0.6) is 5.75 Å². The molecule has 0 radical (unpaired) electrons. The minimum atomic E-state index is -0.229. The molecule has 1 aliphatic carbocycles. The van der Waals surface area contributed by atoms with Gasteiger partial charge in [0, 0.05) is 11.1 Å². The number of benzene rings is 2. The van der Waals surface area contributed by atoms with E-state index in [0.717, 1.165) is 12.2 Å². The fourth-order valence-electron chi connectivity index (χ4n) is 3.78. The van der Waals surface area contributed by atoms with Gasteiger partial charge in [0.2, 0.25) is 6.29 Å². The molecule has 2 aromatic carbocycles. The molecule has 0 amide bonds. The first-order valence-electron chi connectivity index (χ1n) is 9.01. The Morgan fingerprint density at radius 2 is 1.83 bits per heavy atom. The largest absolute Gasteiger partial charge is 0.460 e. The Labute approximate surface area is 144 Å². The lowest BCUT2D eigenvalue weighted by Gasteiger charge is -2.42. The first kappa shape index (κ1) is 15.5. The SMILES string of the molecule is CCCCC1CC2=C1c1ccccc1OC2OCc1ccccc1. The van der Waals surface area contributed by atoms with Crippen LogP contribution in [0.15, 0.2) is 60.2 Å². The fraction of sp³-hybridized carbons (Fsp3) is 0.364. The summed E-state index contributed by atoms with van der Waals surface area (Å²) in [7, 11) is 0. The topological polar surface area (TPSA) is 18.5 Å². The standard InChI is InChI=1S/C22H24O2/c1-2-3-11-17-14-19-21(17)18-12-7-8-13-20(18)24-22(19)23-15-16-9-5-4-6-10-16/h4-10,12-13,17,22H,2-3,11,14-15H2,1H3. The number of rotatable bonds is 6. The minimum Gasteiger partial charge on any atom is -0.460 e. The molecule has 2 atom stereocenters. The number of fused-ring (bicyclic) bond motifs is 2. The molecule has 4 rings (SSSR count). The molecule has 2 aliphatic rings. The number of allylic oxidation sites excluding steroid dienone is 1. The third kappa shape index (κ3) is 2.87. The third-order valence-electron chi connectivity index (χ3n) is 5.07. The van der Waals surface area contributed by atoms with Crippen molar-refractivity contribution < 1.29 is 9.47 Å². The van der Waals surface area contributed by atoms with Crippen molar-refractivity contribution >= 4 is 5.57 Å². The van der Waals surface area contributed by atoms with Crippen LogP contribution in [0.25, 0.3) is 5.57 Å². The Balaban J connectivity index is 1.55. The van der Waals surface area contributed by atoms with Gasteiger partial charge in [-0.25, -0.2) is 0 Å². The van der Waals surface area contributed by atoms with Crippen LogP contribution < -0.4 is 4.74 Å². The van der Waals surface area contributed by atoms with E-state index in [-0.39, 0.29) is 6.29 Å². The van der Waals surface area contributed by atoms with E-state index in [1.54, 1.807) is 0 Å². The van der Waals surface area contributed by atoms with Crippen LogP contribution in [-0.2, 0) is 11.3 Å². The van der Waals surface area contributed by atoms with Crippen molar-refractivity contribution in [2.45, 2.75) is 45.5 Å². The maximum Gasteiger partial charge on any atom is 0.223 e. The van der Waals surface area contributed by atoms with E-state index in [0.29, 0.717) is 12.5 Å². The first-order valence-corrected chi connectivity index (χ1v) is 9.01. The molecule has 0 aromatic heterocycles. The van der Waals surface area contributed by atoms with Gasteiger partial charge in [0.1, 0.15) is 5.75 Å². The molecule has 2 nitrogen and oxygen atoms in total. The zero-order chi connectivity index (χ0) is 16.4. The molecule has 1 aliphatic heterocycles. The Hall–Kier alpha value is -2.06. The van der Waals surface area contributed by atoms with Crippen LogP contribution in [0.4, 0.5) is 0 Å². The van der Waals surface area contributed by atoms with Gasteiger partial charge in [-0.3, -0.25) is 0 Å². The summed E-state index contributed by atoms with van der Waals surface area (Å²) in [6.45, 7) is 2.85. The summed E-state index contributed by atoms with van der Waals surface area (Å²) < 4.78 is 12.3. The van der Waals surface area contributed by atoms with E-state index in [4.69, 9.17) is 9.47 Å². The Morgan fingerprint density at radius 1 is 1.04 bits per heavy atom. The van der Waals surface area contributed by atoms with Crippen LogP contribution in [0.1, 0.15) is 43.7 Å². The van der Waals surface area contributed by atoms with Gasteiger partial charge >= 0.3 is 0 Å². The molecule has 2 unspecified atom stereocenters. The number of para-hydroxylation sites is 1. The lowest BCUT2D eigenvalue weighted by Crippen LogP contribution is -2.35. The van der Waals surface area contributed by atoms with Gasteiger partial charge in [-0.05, 0) is 36.0 Å². The molecule has 0 bridgehead atoms. The Kier molecular flexibility index (Phi) is 4.40. The van der Waals surface area contributed by atoms with Crippen molar-refractivity contribution in [1.29, 1.82) is 0 Å². The van der Waals surface area contributed by atoms with E-state index in [1.165, 1.54) is 41.5 Å². The van der Waals surface area contributed by atoms with E-state index < -0.39 is 0 Å². The van der Waals surface area contributed by atoms with Gasteiger partial charge in [0.25, 0.3) is 0 Å². The maximum atomic E-state index is 6.16. The smallest absolute Gasteiger partial charge is 0.223 e. The molecule has 0 saturated carbocycles. The summed E-state index contributed by atoms with van der Waals surface area (Å²) in [5.74, 6) is 1.64. The van der Waals surface area contributed by atoms with Crippen LogP contribution in [0.3, 0.4) is 0 Å². The molecule has 1 heterocycles. The second-order valence-electron chi connectivity index (χ2n) is 6.72. The minimum absolute atomic E-state index is 0.229. The monoisotopic (exact) mass is 320 g/mol. The molecule has 2 aromatic rings. The number of unbranched alkanes of at least 4 members (excludes halogenated alkanes) is 1. The van der Waals surface area contributed by atoms with Crippen molar-refractivity contribution in [2.75, 3.05) is 0 Å². The molecular formula is C22H24O2. The third-order valence-corrected chi connectivity index (χ3v) is 5.07. The van der Waals surface area contributed by atoms with Crippen molar-refractivity contribution in [3.63, 3.8) is 0 Å². The summed E-state index contributed by atoms with van der Waals surface area (Å²) in [5, 5.41) is 0. The van der Waals surface area contributed by atoms with Gasteiger partial charge in [-0.15, -0.1) is 0 Å². The molecule has 0 spiro atoms. The number of hydrogen-bond acceptors (Lipinski definition) is 2. The van der Waals surface area contributed by atoms with Crippen LogP contribution in [-0.4, -0.2) is 6.29 Å². The fourth-order valence-corrected chi connectivity index (χ4v) is 3.78. The maximum absolute atomic E-state index is 6.16. The second-order valence-corrected chi connectivity index (χ2v) is 6.72. The molecule has 0 saturated heterocycles. The van der Waals surface area contributed by atoms with Crippen molar-refractivity contribution in [1.82, 2.24) is 0 Å². The average molecular weight is 320 g/mol.